The Bertz CT molecular complexity index is 548. The van der Waals surface area contributed by atoms with Crippen molar-refractivity contribution in [3.63, 3.8) is 0 Å². The topological polar surface area (TPSA) is 42.7 Å². The third-order valence-corrected chi connectivity index (χ3v) is 3.27. The van der Waals surface area contributed by atoms with Gasteiger partial charge in [0.15, 0.2) is 5.65 Å². The van der Waals surface area contributed by atoms with Crippen LogP contribution in [0.4, 0.5) is 5.69 Å². The largest absolute Gasteiger partial charge is 0.378 e. The molecule has 90 valence electrons. The van der Waals surface area contributed by atoms with Gasteiger partial charge in [0.05, 0.1) is 18.9 Å². The van der Waals surface area contributed by atoms with Crippen LogP contribution in [0, 0.1) is 6.92 Å². The van der Waals surface area contributed by atoms with Crippen molar-refractivity contribution in [3.8, 4) is 0 Å². The highest BCUT2D eigenvalue weighted by Crippen LogP contribution is 2.25. The average molecular weight is 297 g/mol. The monoisotopic (exact) mass is 296 g/mol. The lowest BCUT2D eigenvalue weighted by Gasteiger charge is -2.28. The first-order valence-corrected chi connectivity index (χ1v) is 6.38. The number of nitrogens with zero attached hydrogens (tertiary/aromatic N) is 4. The van der Waals surface area contributed by atoms with E-state index in [1.807, 2.05) is 17.6 Å². The molecule has 0 bridgehead atoms. The maximum Gasteiger partial charge on any atom is 0.179 e. The summed E-state index contributed by atoms with van der Waals surface area (Å²) < 4.78 is 8.21. The molecule has 3 rings (SSSR count). The van der Waals surface area contributed by atoms with Gasteiger partial charge in [0.25, 0.3) is 0 Å². The first kappa shape index (κ1) is 11.0. The number of rotatable bonds is 1. The number of halogens is 1. The first-order chi connectivity index (χ1) is 8.24. The van der Waals surface area contributed by atoms with Gasteiger partial charge in [-0.1, -0.05) is 0 Å². The second kappa shape index (κ2) is 4.27. The van der Waals surface area contributed by atoms with E-state index in [0.29, 0.717) is 0 Å². The Morgan fingerprint density at radius 2 is 2.12 bits per heavy atom. The van der Waals surface area contributed by atoms with Crippen molar-refractivity contribution >= 4 is 27.3 Å². The fourth-order valence-electron chi connectivity index (χ4n) is 2.08. The maximum absolute atomic E-state index is 5.37. The van der Waals surface area contributed by atoms with Crippen LogP contribution in [0.15, 0.2) is 16.7 Å². The highest BCUT2D eigenvalue weighted by Gasteiger charge is 2.16. The fraction of sp³-hybridized carbons (Fsp3) is 0.455. The molecule has 1 saturated heterocycles. The maximum atomic E-state index is 5.37. The standard InChI is InChI=1S/C11H13BrN4O/c1-8-13-11-10(15-2-4-17-5-3-15)6-9(12)7-16(11)14-8/h6-7H,2-5H2,1H3. The molecule has 0 atom stereocenters. The SMILES string of the molecule is Cc1nc2c(N3CCOCC3)cc(Br)cn2n1. The van der Waals surface area contributed by atoms with E-state index in [2.05, 4.69) is 37.0 Å². The molecular formula is C11H13BrN4O. The summed E-state index contributed by atoms with van der Waals surface area (Å²) in [4.78, 5) is 6.77. The van der Waals surface area contributed by atoms with Gasteiger partial charge in [0.1, 0.15) is 5.82 Å². The van der Waals surface area contributed by atoms with Gasteiger partial charge < -0.3 is 9.64 Å². The fourth-order valence-corrected chi connectivity index (χ4v) is 2.49. The lowest BCUT2D eigenvalue weighted by molar-refractivity contribution is 0.123. The molecule has 0 N–H and O–H groups in total. The molecule has 1 aliphatic rings. The minimum absolute atomic E-state index is 0.770. The number of hydrogen-bond donors (Lipinski definition) is 0. The van der Waals surface area contributed by atoms with Crippen molar-refractivity contribution in [3.05, 3.63) is 22.6 Å². The third kappa shape index (κ3) is 2.02. The van der Waals surface area contributed by atoms with Crippen LogP contribution in [0.1, 0.15) is 5.82 Å². The predicted molar refractivity (Wildman–Crippen MR) is 68.5 cm³/mol. The Labute approximate surface area is 108 Å². The van der Waals surface area contributed by atoms with Crippen LogP contribution in [-0.4, -0.2) is 40.9 Å². The number of anilines is 1. The number of hydrogen-bond acceptors (Lipinski definition) is 4. The lowest BCUT2D eigenvalue weighted by Crippen LogP contribution is -2.36. The van der Waals surface area contributed by atoms with Crippen LogP contribution in [0.2, 0.25) is 0 Å². The Kier molecular flexibility index (Phi) is 2.76. The van der Waals surface area contributed by atoms with E-state index in [1.165, 1.54) is 0 Å². The van der Waals surface area contributed by atoms with E-state index in [0.717, 1.165) is 47.9 Å². The number of aromatic nitrogens is 3. The minimum Gasteiger partial charge on any atom is -0.378 e. The summed E-state index contributed by atoms with van der Waals surface area (Å²) >= 11 is 3.51. The second-order valence-corrected chi connectivity index (χ2v) is 4.99. The molecule has 0 spiro atoms. The molecule has 17 heavy (non-hydrogen) atoms. The molecule has 0 radical (unpaired) electrons. The Morgan fingerprint density at radius 3 is 2.88 bits per heavy atom. The summed E-state index contributed by atoms with van der Waals surface area (Å²) in [6.45, 7) is 5.25. The highest BCUT2D eigenvalue weighted by molar-refractivity contribution is 9.10. The summed E-state index contributed by atoms with van der Waals surface area (Å²) in [5.41, 5.74) is 2.02. The number of morpholine rings is 1. The Balaban J connectivity index is 2.12. The molecule has 0 amide bonds. The molecule has 0 saturated carbocycles. The smallest absolute Gasteiger partial charge is 0.179 e. The molecule has 5 nitrogen and oxygen atoms in total. The molecule has 0 aliphatic carbocycles. The van der Waals surface area contributed by atoms with Gasteiger partial charge >= 0.3 is 0 Å². The molecule has 6 heteroatoms. The molecular weight excluding hydrogens is 284 g/mol. The Morgan fingerprint density at radius 1 is 1.35 bits per heavy atom. The first-order valence-electron chi connectivity index (χ1n) is 5.59. The van der Waals surface area contributed by atoms with Crippen molar-refractivity contribution in [1.29, 1.82) is 0 Å². The zero-order chi connectivity index (χ0) is 11.8. The number of ether oxygens (including phenoxy) is 1. The molecule has 0 unspecified atom stereocenters. The van der Waals surface area contributed by atoms with Gasteiger partial charge in [-0.25, -0.2) is 9.50 Å². The van der Waals surface area contributed by atoms with Crippen molar-refractivity contribution in [2.45, 2.75) is 6.92 Å². The summed E-state index contributed by atoms with van der Waals surface area (Å²) in [5, 5.41) is 4.35. The quantitative estimate of drug-likeness (QED) is 0.802. The van der Waals surface area contributed by atoms with Crippen LogP contribution in [-0.2, 0) is 4.74 Å². The average Bonchev–Trinajstić information content (AvgIpc) is 2.69. The van der Waals surface area contributed by atoms with E-state index in [1.54, 1.807) is 0 Å². The van der Waals surface area contributed by atoms with Crippen molar-refractivity contribution in [2.75, 3.05) is 31.2 Å². The summed E-state index contributed by atoms with van der Waals surface area (Å²) in [7, 11) is 0. The van der Waals surface area contributed by atoms with E-state index in [4.69, 9.17) is 4.74 Å². The van der Waals surface area contributed by atoms with E-state index in [9.17, 15) is 0 Å². The van der Waals surface area contributed by atoms with Crippen molar-refractivity contribution < 1.29 is 4.74 Å². The highest BCUT2D eigenvalue weighted by atomic mass is 79.9. The van der Waals surface area contributed by atoms with Gasteiger partial charge in [-0.3, -0.25) is 0 Å². The molecule has 1 fully saturated rings. The molecule has 0 aromatic carbocycles. The van der Waals surface area contributed by atoms with E-state index < -0.39 is 0 Å². The normalized spacial score (nSPS) is 16.7. The van der Waals surface area contributed by atoms with Crippen LogP contribution in [0.5, 0.6) is 0 Å². The lowest BCUT2D eigenvalue weighted by atomic mass is 10.3. The summed E-state index contributed by atoms with van der Waals surface area (Å²) in [6.07, 6.45) is 1.93. The molecule has 1 aliphatic heterocycles. The predicted octanol–water partition coefficient (Wildman–Crippen LogP) is 1.64. The zero-order valence-corrected chi connectivity index (χ0v) is 11.1. The van der Waals surface area contributed by atoms with Crippen LogP contribution >= 0.6 is 15.9 Å². The number of aryl methyl sites for hydroxylation is 1. The van der Waals surface area contributed by atoms with Gasteiger partial charge in [-0.2, -0.15) is 5.10 Å². The van der Waals surface area contributed by atoms with E-state index >= 15 is 0 Å². The number of pyridine rings is 1. The van der Waals surface area contributed by atoms with Crippen LogP contribution in [0.3, 0.4) is 0 Å². The summed E-state index contributed by atoms with van der Waals surface area (Å²) in [5.74, 6) is 0.789. The van der Waals surface area contributed by atoms with Crippen LogP contribution < -0.4 is 4.90 Å². The summed E-state index contributed by atoms with van der Waals surface area (Å²) in [6, 6.07) is 2.09. The van der Waals surface area contributed by atoms with Crippen molar-refractivity contribution in [1.82, 2.24) is 14.6 Å². The van der Waals surface area contributed by atoms with Gasteiger partial charge in [0.2, 0.25) is 0 Å². The van der Waals surface area contributed by atoms with Gasteiger partial charge in [0, 0.05) is 23.8 Å². The molecule has 3 heterocycles. The van der Waals surface area contributed by atoms with Gasteiger partial charge in [-0.05, 0) is 28.9 Å². The third-order valence-electron chi connectivity index (χ3n) is 2.84. The second-order valence-electron chi connectivity index (χ2n) is 4.07. The van der Waals surface area contributed by atoms with Crippen LogP contribution in [0.25, 0.3) is 5.65 Å². The Hall–Kier alpha value is -1.14. The van der Waals surface area contributed by atoms with Gasteiger partial charge in [-0.15, -0.1) is 0 Å². The molecule has 2 aromatic rings. The minimum atomic E-state index is 0.770. The molecule has 2 aromatic heterocycles. The zero-order valence-electron chi connectivity index (χ0n) is 9.56. The van der Waals surface area contributed by atoms with Crippen molar-refractivity contribution in [2.24, 2.45) is 0 Å². The number of fused-ring (bicyclic) bond motifs is 1. The van der Waals surface area contributed by atoms with E-state index in [-0.39, 0.29) is 0 Å².